The van der Waals surface area contributed by atoms with Crippen LogP contribution < -0.4 is 0 Å². The van der Waals surface area contributed by atoms with Gasteiger partial charge in [-0.15, -0.1) is 0 Å². The fourth-order valence-electron chi connectivity index (χ4n) is 1.89. The van der Waals surface area contributed by atoms with E-state index in [-0.39, 0.29) is 6.10 Å². The standard InChI is InChI=1S/C10H19BrO/c1-10(2,3)7-4-5-9(12)8(11)6-7/h7-9,12H,4-6H2,1-3H3/t7-,8+,9-/m1/s1. The molecular formula is C10H19BrO. The van der Waals surface area contributed by atoms with Crippen molar-refractivity contribution >= 4 is 15.9 Å². The molecule has 0 saturated heterocycles. The summed E-state index contributed by atoms with van der Waals surface area (Å²) >= 11 is 3.54. The summed E-state index contributed by atoms with van der Waals surface area (Å²) in [6, 6.07) is 0. The van der Waals surface area contributed by atoms with Crippen molar-refractivity contribution in [3.8, 4) is 0 Å². The van der Waals surface area contributed by atoms with Crippen molar-refractivity contribution < 1.29 is 5.11 Å². The van der Waals surface area contributed by atoms with Crippen LogP contribution in [0.5, 0.6) is 0 Å². The molecular weight excluding hydrogens is 216 g/mol. The fraction of sp³-hybridized carbons (Fsp3) is 1.00. The highest BCUT2D eigenvalue weighted by atomic mass is 79.9. The second kappa shape index (κ2) is 3.67. The molecule has 0 bridgehead atoms. The van der Waals surface area contributed by atoms with E-state index in [0.717, 1.165) is 18.8 Å². The zero-order valence-electron chi connectivity index (χ0n) is 8.18. The van der Waals surface area contributed by atoms with Gasteiger partial charge in [0.05, 0.1) is 6.10 Å². The molecule has 0 radical (unpaired) electrons. The van der Waals surface area contributed by atoms with Gasteiger partial charge in [-0.1, -0.05) is 36.7 Å². The van der Waals surface area contributed by atoms with Crippen LogP contribution in [0.25, 0.3) is 0 Å². The number of halogens is 1. The van der Waals surface area contributed by atoms with E-state index in [0.29, 0.717) is 10.2 Å². The second-order valence-electron chi connectivity index (χ2n) is 4.96. The van der Waals surface area contributed by atoms with Crippen molar-refractivity contribution in [2.45, 2.75) is 51.0 Å². The smallest absolute Gasteiger partial charge is 0.0665 e. The summed E-state index contributed by atoms with van der Waals surface area (Å²) in [6.07, 6.45) is 3.12. The molecule has 0 aromatic rings. The fourth-order valence-corrected chi connectivity index (χ4v) is 2.60. The number of alkyl halides is 1. The number of hydrogen-bond acceptors (Lipinski definition) is 1. The van der Waals surface area contributed by atoms with E-state index >= 15 is 0 Å². The van der Waals surface area contributed by atoms with Gasteiger partial charge in [-0.3, -0.25) is 0 Å². The Bertz CT molecular complexity index is 150. The van der Waals surface area contributed by atoms with Gasteiger partial charge in [0.15, 0.2) is 0 Å². The molecule has 1 nitrogen and oxygen atoms in total. The molecule has 2 heteroatoms. The van der Waals surface area contributed by atoms with Gasteiger partial charge in [-0.05, 0) is 30.6 Å². The van der Waals surface area contributed by atoms with E-state index < -0.39 is 0 Å². The summed E-state index contributed by atoms with van der Waals surface area (Å²) in [5, 5.41) is 9.51. The molecule has 0 amide bonds. The van der Waals surface area contributed by atoms with Crippen LogP contribution in [0.2, 0.25) is 0 Å². The van der Waals surface area contributed by atoms with E-state index in [1.54, 1.807) is 0 Å². The predicted octanol–water partition coefficient (Wildman–Crippen LogP) is 2.96. The molecule has 1 fully saturated rings. The average Bonchev–Trinajstić information content (AvgIpc) is 1.92. The van der Waals surface area contributed by atoms with Crippen molar-refractivity contribution in [2.24, 2.45) is 11.3 Å². The first kappa shape index (κ1) is 10.5. The zero-order chi connectivity index (χ0) is 9.35. The van der Waals surface area contributed by atoms with E-state index in [9.17, 15) is 5.11 Å². The molecule has 0 aromatic carbocycles. The molecule has 72 valence electrons. The van der Waals surface area contributed by atoms with Crippen LogP contribution in [0.15, 0.2) is 0 Å². The summed E-state index contributed by atoms with van der Waals surface area (Å²) in [7, 11) is 0. The molecule has 1 aliphatic rings. The third-order valence-corrected chi connectivity index (χ3v) is 3.95. The molecule has 0 aromatic heterocycles. The van der Waals surface area contributed by atoms with E-state index in [1.807, 2.05) is 0 Å². The van der Waals surface area contributed by atoms with Gasteiger partial charge >= 0.3 is 0 Å². The van der Waals surface area contributed by atoms with E-state index in [2.05, 4.69) is 36.7 Å². The van der Waals surface area contributed by atoms with Crippen molar-refractivity contribution in [1.29, 1.82) is 0 Å². The van der Waals surface area contributed by atoms with Gasteiger partial charge < -0.3 is 5.11 Å². The van der Waals surface area contributed by atoms with Gasteiger partial charge in [-0.2, -0.15) is 0 Å². The van der Waals surface area contributed by atoms with Crippen molar-refractivity contribution in [2.75, 3.05) is 0 Å². The zero-order valence-corrected chi connectivity index (χ0v) is 9.76. The normalized spacial score (nSPS) is 38.2. The lowest BCUT2D eigenvalue weighted by atomic mass is 9.72. The molecule has 3 atom stereocenters. The molecule has 0 spiro atoms. The molecule has 0 unspecified atom stereocenters. The summed E-state index contributed by atoms with van der Waals surface area (Å²) < 4.78 is 0. The molecule has 1 N–H and O–H groups in total. The highest BCUT2D eigenvalue weighted by Gasteiger charge is 2.33. The first-order chi connectivity index (χ1) is 5.41. The number of aliphatic hydroxyl groups is 1. The summed E-state index contributed by atoms with van der Waals surface area (Å²) in [5.74, 6) is 0.755. The summed E-state index contributed by atoms with van der Waals surface area (Å²) in [5.41, 5.74) is 0.395. The summed E-state index contributed by atoms with van der Waals surface area (Å²) in [4.78, 5) is 0.315. The lowest BCUT2D eigenvalue weighted by Gasteiger charge is -2.38. The monoisotopic (exact) mass is 234 g/mol. The maximum Gasteiger partial charge on any atom is 0.0665 e. The average molecular weight is 235 g/mol. The van der Waals surface area contributed by atoms with Gasteiger partial charge in [0.25, 0.3) is 0 Å². The lowest BCUT2D eigenvalue weighted by molar-refractivity contribution is 0.0806. The Labute approximate surface area is 83.7 Å². The molecule has 0 aliphatic heterocycles. The minimum absolute atomic E-state index is 0.122. The largest absolute Gasteiger partial charge is 0.392 e. The molecule has 1 rings (SSSR count). The predicted molar refractivity (Wildman–Crippen MR) is 55.5 cm³/mol. The maximum atomic E-state index is 9.51. The molecule has 1 saturated carbocycles. The van der Waals surface area contributed by atoms with Crippen molar-refractivity contribution in [1.82, 2.24) is 0 Å². The van der Waals surface area contributed by atoms with Crippen LogP contribution in [0.3, 0.4) is 0 Å². The van der Waals surface area contributed by atoms with Gasteiger partial charge in [0.1, 0.15) is 0 Å². The van der Waals surface area contributed by atoms with Crippen LogP contribution >= 0.6 is 15.9 Å². The quantitative estimate of drug-likeness (QED) is 0.640. The van der Waals surface area contributed by atoms with E-state index in [4.69, 9.17) is 0 Å². The van der Waals surface area contributed by atoms with Crippen LogP contribution in [0, 0.1) is 11.3 Å². The molecule has 1 aliphatic carbocycles. The van der Waals surface area contributed by atoms with Crippen LogP contribution in [-0.2, 0) is 0 Å². The number of rotatable bonds is 0. The van der Waals surface area contributed by atoms with Crippen LogP contribution in [-0.4, -0.2) is 16.0 Å². The number of aliphatic hydroxyl groups excluding tert-OH is 1. The SMILES string of the molecule is CC(C)(C)[C@@H]1CC[C@@H](O)[C@@H](Br)C1. The molecule has 12 heavy (non-hydrogen) atoms. The second-order valence-corrected chi connectivity index (χ2v) is 6.14. The van der Waals surface area contributed by atoms with Gasteiger partial charge in [0, 0.05) is 4.83 Å². The van der Waals surface area contributed by atoms with Crippen molar-refractivity contribution in [3.63, 3.8) is 0 Å². The Morgan fingerprint density at radius 2 is 1.83 bits per heavy atom. The van der Waals surface area contributed by atoms with Gasteiger partial charge in [0.2, 0.25) is 0 Å². The summed E-state index contributed by atoms with van der Waals surface area (Å²) in [6.45, 7) is 6.86. The Morgan fingerprint density at radius 1 is 1.25 bits per heavy atom. The minimum atomic E-state index is -0.122. The van der Waals surface area contributed by atoms with E-state index in [1.165, 1.54) is 6.42 Å². The maximum absolute atomic E-state index is 9.51. The third kappa shape index (κ3) is 2.46. The first-order valence-electron chi connectivity index (χ1n) is 4.73. The Balaban J connectivity index is 2.51. The minimum Gasteiger partial charge on any atom is -0.392 e. The third-order valence-electron chi connectivity index (χ3n) is 2.96. The van der Waals surface area contributed by atoms with Gasteiger partial charge in [-0.25, -0.2) is 0 Å². The van der Waals surface area contributed by atoms with Crippen LogP contribution in [0.1, 0.15) is 40.0 Å². The van der Waals surface area contributed by atoms with Crippen LogP contribution in [0.4, 0.5) is 0 Å². The van der Waals surface area contributed by atoms with Crippen molar-refractivity contribution in [3.05, 3.63) is 0 Å². The highest BCUT2D eigenvalue weighted by molar-refractivity contribution is 9.09. The Kier molecular flexibility index (Phi) is 3.21. The lowest BCUT2D eigenvalue weighted by Crippen LogP contribution is -2.34. The topological polar surface area (TPSA) is 20.2 Å². The first-order valence-corrected chi connectivity index (χ1v) is 5.65. The highest BCUT2D eigenvalue weighted by Crippen LogP contribution is 2.39. The Morgan fingerprint density at radius 3 is 2.25 bits per heavy atom. The number of hydrogen-bond donors (Lipinski definition) is 1. The molecule has 0 heterocycles. The Hall–Kier alpha value is 0.440.